The number of aliphatic hydroxyl groups is 16. The fourth-order valence-corrected chi connectivity index (χ4v) is 19.8. The number of allylic oxidation sites excluding steroid dienone is 4. The van der Waals surface area contributed by atoms with Crippen molar-refractivity contribution in [3.05, 3.63) is 174 Å². The van der Waals surface area contributed by atoms with Crippen LogP contribution in [0, 0.1) is 105 Å². The molecule has 14 rings (SSSR count). The molecule has 46 heteroatoms. The minimum atomic E-state index is -2.47. The van der Waals surface area contributed by atoms with Gasteiger partial charge in [-0.25, -0.2) is 80.2 Å². The summed E-state index contributed by atoms with van der Waals surface area (Å²) in [6.45, 7) is -5.40. The van der Waals surface area contributed by atoms with Crippen molar-refractivity contribution < 1.29 is 191 Å². The molecule has 0 radical (unpaired) electrons. The van der Waals surface area contributed by atoms with Crippen LogP contribution >= 0.6 is 47.0 Å². The van der Waals surface area contributed by atoms with Gasteiger partial charge < -0.3 is 116 Å². The molecule has 4 aromatic carbocycles. The van der Waals surface area contributed by atoms with Gasteiger partial charge in [0.05, 0.1) is 91.1 Å². The van der Waals surface area contributed by atoms with Crippen molar-refractivity contribution in [1.82, 2.24) is 15.2 Å². The first-order chi connectivity index (χ1) is 54.9. The third-order valence-corrected chi connectivity index (χ3v) is 26.1. The van der Waals surface area contributed by atoms with E-state index in [1.54, 1.807) is 0 Å². The molecule has 2 unspecified atom stereocenters. The van der Waals surface area contributed by atoms with E-state index in [9.17, 15) is 81.7 Å². The zero-order chi connectivity index (χ0) is 84.0. The summed E-state index contributed by atoms with van der Waals surface area (Å²) < 4.78 is 303. The number of benzene rings is 4. The average Bonchev–Trinajstić information content (AvgIpc) is 1.67. The maximum Gasteiger partial charge on any atom is 2.00 e. The van der Waals surface area contributed by atoms with Gasteiger partial charge in [0, 0.05) is 58.2 Å². The number of rotatable bonds is 16. The van der Waals surface area contributed by atoms with E-state index in [1.165, 1.54) is 11.9 Å². The Hall–Kier alpha value is -5.74. The van der Waals surface area contributed by atoms with Crippen LogP contribution in [0.3, 0.4) is 0 Å². The topological polar surface area (TPSA) is 416 Å². The predicted molar refractivity (Wildman–Crippen MR) is 371 cm³/mol. The van der Waals surface area contributed by atoms with Crippen LogP contribution in [-0.2, 0) is 39.4 Å². The molecule has 6 saturated heterocycles. The van der Waals surface area contributed by atoms with Crippen LogP contribution in [0.25, 0.3) is 22.3 Å². The minimum absolute atomic E-state index is 0. The number of nitrogens with zero attached hydrogens (tertiary/aromatic N) is 3. The monoisotopic (exact) mass is 1840 g/mol. The van der Waals surface area contributed by atoms with Gasteiger partial charge in [-0.3, -0.25) is 0 Å². The normalized spacial score (nSPS) is 35.4. The molecule has 0 aliphatic carbocycles. The Balaban J connectivity index is 0.0000119. The number of thioether (sulfide) groups is 4. The predicted octanol–water partition coefficient (Wildman–Crippen LogP) is 0.580. The standard InChI is InChI=1S/C71H63F16N5O20S4.Pd/c1-92-8-14-15(9-92)51-29(33-40(78)48(86)67(49(87)41(33)79)116-71-63(108)59(104)55(100)25(13-96)112-71)21-7-5-19(90-21)27(31-36(74)44(82)65(45(83)37(31)75)114-69-61(106)57(102)53(98)23(11-94)110-69)17-3-2-16(88-17)26(30-34(72)42(80)64(43(81)35(30)73)113-68-60(105)56(101)52(97)22(10-93)109-68)18-4-6-20(89-18)28(50(14)91-51)32-38(76)46(84)66(47(85)39(32)77)115-70-62(107)58(103)54(99)24(12-95)111-70;/h2-7,14-15,22-25,50-63,68-71,88,91,93-108H,8-13H2,1H3;/q;+2/b26-16+,27-17+,28-20-,29-21-;/t14-,15+,22-,23-,24-,25-,50?,51?,52-,53-,54-,55-,56+,57+,58+,59+,60-,61-,62-,63-,68+,69+,70+,71+;/m1./s1. The number of nitrogens with one attached hydrogen (secondary N) is 2. The quantitative estimate of drug-likeness (QED) is 0.0365. The van der Waals surface area contributed by atoms with E-state index in [4.69, 9.17) is 18.9 Å². The van der Waals surface area contributed by atoms with Crippen LogP contribution in [-0.4, -0.2) is 281 Å². The van der Waals surface area contributed by atoms with E-state index in [0.29, 0.717) is 36.4 Å². The molecule has 0 amide bonds. The number of likely N-dealkylation sites (tertiary alicyclic amines) is 1. The van der Waals surface area contributed by atoms with Crippen LogP contribution in [0.15, 0.2) is 77.4 Å². The van der Waals surface area contributed by atoms with Crippen molar-refractivity contribution in [2.75, 3.05) is 46.6 Å². The number of hydrogen-bond donors (Lipinski definition) is 18. The largest absolute Gasteiger partial charge is 2.00 e. The molecular formula is C71H63F16N5O20PdS4+2. The van der Waals surface area contributed by atoms with E-state index in [2.05, 4.69) is 20.3 Å². The zero-order valence-corrected chi connectivity index (χ0v) is 63.5. The molecular weight excluding hydrogens is 1780 g/mol. The minimum Gasteiger partial charge on any atom is -0.394 e. The molecule has 636 valence electrons. The van der Waals surface area contributed by atoms with Crippen molar-refractivity contribution in [2.24, 2.45) is 21.8 Å². The number of aliphatic imine (C=N–C) groups is 2. The smallest absolute Gasteiger partial charge is 0.394 e. The van der Waals surface area contributed by atoms with E-state index in [0.717, 1.165) is 0 Å². The van der Waals surface area contributed by atoms with Gasteiger partial charge in [0.1, 0.15) is 119 Å². The van der Waals surface area contributed by atoms with Gasteiger partial charge in [-0.05, 0) is 55.3 Å². The first kappa shape index (κ1) is 89.0. The molecule has 5 aromatic rings. The molecule has 6 fully saturated rings. The van der Waals surface area contributed by atoms with Gasteiger partial charge in [0.2, 0.25) is 0 Å². The summed E-state index contributed by atoms with van der Waals surface area (Å²) >= 11 is -1.38. The molecule has 8 bridgehead atoms. The maximum atomic E-state index is 18.0. The Morgan fingerprint density at radius 1 is 0.350 bits per heavy atom. The number of ether oxygens (including phenoxy) is 4. The fraction of sp³-hybridized carbons (Fsp3) is 0.437. The number of hydrogen-bond acceptors (Lipinski definition) is 28. The maximum absolute atomic E-state index is 18.0. The summed E-state index contributed by atoms with van der Waals surface area (Å²) in [4.78, 5) is 5.83. The second kappa shape index (κ2) is 34.5. The average molecular weight is 1840 g/mol. The summed E-state index contributed by atoms with van der Waals surface area (Å²) in [5.41, 5.74) is -25.1. The van der Waals surface area contributed by atoms with Gasteiger partial charge in [-0.2, -0.15) is 0 Å². The van der Waals surface area contributed by atoms with Crippen molar-refractivity contribution in [2.45, 2.75) is 151 Å². The van der Waals surface area contributed by atoms with Crippen molar-refractivity contribution >= 4 is 80.8 Å². The van der Waals surface area contributed by atoms with Crippen LogP contribution in [0.5, 0.6) is 0 Å². The van der Waals surface area contributed by atoms with Crippen LogP contribution in [0.1, 0.15) is 22.3 Å². The van der Waals surface area contributed by atoms with E-state index in [1.807, 2.05) is 0 Å². The Morgan fingerprint density at radius 2 is 0.590 bits per heavy atom. The summed E-state index contributed by atoms with van der Waals surface area (Å²) in [6.07, 6.45) is -31.3. The Kier molecular flexibility index (Phi) is 26.3. The van der Waals surface area contributed by atoms with Crippen molar-refractivity contribution in [3.8, 4) is 0 Å². The third-order valence-electron chi connectivity index (χ3n) is 21.3. The Bertz CT molecular complexity index is 4730. The van der Waals surface area contributed by atoms with Crippen molar-refractivity contribution in [3.63, 3.8) is 0 Å². The number of H-pyrrole nitrogens is 1. The second-order valence-electron chi connectivity index (χ2n) is 28.1. The first-order valence-corrected chi connectivity index (χ1v) is 38.2. The number of aliphatic hydroxyl groups excluding tert-OH is 16. The number of fused-ring (bicyclic) bond motifs is 9. The van der Waals surface area contributed by atoms with Gasteiger partial charge in [0.15, 0.2) is 93.1 Å². The third kappa shape index (κ3) is 15.0. The molecule has 9 aliphatic heterocycles. The summed E-state index contributed by atoms with van der Waals surface area (Å²) in [7, 11) is 1.35. The van der Waals surface area contributed by atoms with E-state index >= 15 is 70.2 Å². The number of halogens is 16. The van der Waals surface area contributed by atoms with E-state index in [-0.39, 0.29) is 67.5 Å². The molecule has 1 aromatic heterocycles. The first-order valence-electron chi connectivity index (χ1n) is 34.7. The molecule has 18 N–H and O–H groups in total. The van der Waals surface area contributed by atoms with Gasteiger partial charge >= 0.3 is 20.4 Å². The SMILES string of the molecule is CN1C[C@@H]2C3NC(/C(c4c(F)c(F)c(S[C@@H]5O[C@H](CO)[C@@H](O)[C@H](O)[C@H]5O)c(F)c4F)=C4/C=CC(=N4)/C(c4c(F)c(F)c(S[C@@H]5O[C@H](CO)[C@@H](O)[C@H](O)[C@H]5O)c(F)c4F)=c4/cc/c([nH]4)=C(\c4c(F)c(F)c(S[C@@H]5O[C@H](CO)[C@@H](O)[C@H](O)[C@H]5O)c(F)c4F)C4=N/C(=C\3c3c(F)c(F)c(S[C@@H]5O[C@H](CO)[C@@H](O)[C@H](O)[C@H]5O)c(F)c3F)C=C4)[C@@H]2C1.[Pd+2]. The Labute approximate surface area is 677 Å². The Morgan fingerprint density at radius 3 is 0.829 bits per heavy atom. The summed E-state index contributed by atoms with van der Waals surface area (Å²) in [5.74, 6) is -41.6. The zero-order valence-electron chi connectivity index (χ0n) is 58.7. The molecule has 117 heavy (non-hydrogen) atoms. The van der Waals surface area contributed by atoms with Crippen LogP contribution < -0.4 is 16.0 Å². The molecule has 0 saturated carbocycles. The number of aromatic nitrogens is 1. The van der Waals surface area contributed by atoms with Gasteiger partial charge in [-0.15, -0.1) is 0 Å². The molecule has 0 spiro atoms. The van der Waals surface area contributed by atoms with Crippen LogP contribution in [0.2, 0.25) is 0 Å². The van der Waals surface area contributed by atoms with Gasteiger partial charge in [0.25, 0.3) is 0 Å². The summed E-state index contributed by atoms with van der Waals surface area (Å²) in [5, 5.41) is 168. The molecule has 10 heterocycles. The molecule has 24 atom stereocenters. The fourth-order valence-electron chi connectivity index (χ4n) is 15.4. The van der Waals surface area contributed by atoms with E-state index < -0.39 is 374 Å². The summed E-state index contributed by atoms with van der Waals surface area (Å²) in [6, 6.07) is -2.97. The van der Waals surface area contributed by atoms with Crippen molar-refractivity contribution in [1.29, 1.82) is 0 Å². The van der Waals surface area contributed by atoms with Gasteiger partial charge in [-0.1, -0.05) is 47.0 Å². The molecule has 9 aliphatic rings. The van der Waals surface area contributed by atoms with Crippen LogP contribution in [0.4, 0.5) is 70.2 Å². The second-order valence-corrected chi connectivity index (χ2v) is 32.5. The molecule has 25 nitrogen and oxygen atoms in total. The number of aromatic amines is 1.